The zero-order valence-corrected chi connectivity index (χ0v) is 18.7. The van der Waals surface area contributed by atoms with Gasteiger partial charge in [0.1, 0.15) is 18.2 Å². The highest BCUT2D eigenvalue weighted by Gasteiger charge is 2.53. The molecule has 0 bridgehead atoms. The molecule has 1 aliphatic heterocycles. The minimum Gasteiger partial charge on any atom is -0.285 e. The predicted octanol–water partition coefficient (Wildman–Crippen LogP) is 5.37. The van der Waals surface area contributed by atoms with Crippen LogP contribution in [0.2, 0.25) is 0 Å². The molecule has 1 aromatic carbocycles. The van der Waals surface area contributed by atoms with Gasteiger partial charge in [-0.25, -0.2) is 4.98 Å². The Morgan fingerprint density at radius 3 is 2.65 bits per heavy atom. The van der Waals surface area contributed by atoms with Crippen LogP contribution >= 0.6 is 0 Å². The van der Waals surface area contributed by atoms with E-state index in [0.29, 0.717) is 11.7 Å². The van der Waals surface area contributed by atoms with Gasteiger partial charge in [-0.15, -0.1) is 10.2 Å². The number of benzene rings is 1. The van der Waals surface area contributed by atoms with E-state index in [-0.39, 0.29) is 29.3 Å². The molecule has 34 heavy (non-hydrogen) atoms. The van der Waals surface area contributed by atoms with Gasteiger partial charge in [0.25, 0.3) is 0 Å². The van der Waals surface area contributed by atoms with Crippen LogP contribution in [0.25, 0.3) is 5.69 Å². The van der Waals surface area contributed by atoms with Gasteiger partial charge in [-0.1, -0.05) is 18.6 Å². The fourth-order valence-corrected chi connectivity index (χ4v) is 5.67. The van der Waals surface area contributed by atoms with Gasteiger partial charge in [-0.2, -0.15) is 13.2 Å². The molecule has 3 heterocycles. The molecule has 3 atom stereocenters. The number of aromatic nitrogens is 4. The second kappa shape index (κ2) is 7.65. The first-order chi connectivity index (χ1) is 16.3. The van der Waals surface area contributed by atoms with Crippen LogP contribution in [0.3, 0.4) is 0 Å². The standard InChI is InChI=1S/C25H24F3N5O/c1-14-10-17(25(26,27)28)12-21(30-14)33-22(19-6-3-7-20(19)24(33)34)23-31-29-13-32(23)18-5-2-4-16(11-18)15-8-9-15/h2,4-5,10-13,15,19-20,22H,3,6-9H2,1H3. The molecule has 2 aromatic heterocycles. The van der Waals surface area contributed by atoms with Gasteiger partial charge >= 0.3 is 6.18 Å². The number of anilines is 1. The van der Waals surface area contributed by atoms with Crippen molar-refractivity contribution in [3.8, 4) is 5.69 Å². The van der Waals surface area contributed by atoms with Gasteiger partial charge in [0.15, 0.2) is 5.82 Å². The highest BCUT2D eigenvalue weighted by molar-refractivity contribution is 5.98. The number of hydrogen-bond acceptors (Lipinski definition) is 4. The van der Waals surface area contributed by atoms with Crippen LogP contribution in [-0.4, -0.2) is 25.7 Å². The lowest BCUT2D eigenvalue weighted by Crippen LogP contribution is -2.33. The second-order valence-corrected chi connectivity index (χ2v) is 9.64. The number of fused-ring (bicyclic) bond motifs is 1. The van der Waals surface area contributed by atoms with Gasteiger partial charge in [0, 0.05) is 17.3 Å². The quantitative estimate of drug-likeness (QED) is 0.518. The number of nitrogens with zero attached hydrogens (tertiary/aromatic N) is 5. The van der Waals surface area contributed by atoms with E-state index in [2.05, 4.69) is 27.3 Å². The van der Waals surface area contributed by atoms with Crippen LogP contribution in [-0.2, 0) is 11.0 Å². The minimum absolute atomic E-state index is 0.0259. The SMILES string of the molecule is Cc1cc(C(F)(F)F)cc(N2C(=O)C3CCCC3C2c2nncn2-c2cccc(C3CC3)c2)n1. The first-order valence-corrected chi connectivity index (χ1v) is 11.7. The van der Waals surface area contributed by atoms with E-state index < -0.39 is 17.8 Å². The summed E-state index contributed by atoms with van der Waals surface area (Å²) in [6.45, 7) is 1.51. The molecule has 3 unspecified atom stereocenters. The molecule has 176 valence electrons. The predicted molar refractivity (Wildman–Crippen MR) is 118 cm³/mol. The number of alkyl halides is 3. The summed E-state index contributed by atoms with van der Waals surface area (Å²) in [5.41, 5.74) is 1.56. The fourth-order valence-electron chi connectivity index (χ4n) is 5.67. The van der Waals surface area contributed by atoms with Crippen molar-refractivity contribution in [3.63, 3.8) is 0 Å². The second-order valence-electron chi connectivity index (χ2n) is 9.64. The Kier molecular flexibility index (Phi) is 4.79. The van der Waals surface area contributed by atoms with Crippen molar-refractivity contribution in [1.82, 2.24) is 19.7 Å². The van der Waals surface area contributed by atoms with Gasteiger partial charge < -0.3 is 0 Å². The number of pyridine rings is 1. The van der Waals surface area contributed by atoms with Crippen molar-refractivity contribution >= 4 is 11.7 Å². The van der Waals surface area contributed by atoms with E-state index in [1.54, 1.807) is 6.33 Å². The van der Waals surface area contributed by atoms with Crippen LogP contribution in [0.15, 0.2) is 42.7 Å². The third kappa shape index (κ3) is 3.49. The molecule has 2 saturated carbocycles. The number of hydrogen-bond donors (Lipinski definition) is 0. The minimum atomic E-state index is -4.53. The van der Waals surface area contributed by atoms with Crippen molar-refractivity contribution in [2.45, 2.75) is 57.2 Å². The largest absolute Gasteiger partial charge is 0.416 e. The van der Waals surface area contributed by atoms with E-state index in [0.717, 1.165) is 37.1 Å². The lowest BCUT2D eigenvalue weighted by Gasteiger charge is -2.27. The highest BCUT2D eigenvalue weighted by Crippen LogP contribution is 2.51. The maximum Gasteiger partial charge on any atom is 0.416 e. The lowest BCUT2D eigenvalue weighted by molar-refractivity contribution is -0.137. The Hall–Kier alpha value is -3.23. The van der Waals surface area contributed by atoms with E-state index in [4.69, 9.17) is 0 Å². The molecular formula is C25H24F3N5O. The van der Waals surface area contributed by atoms with Gasteiger partial charge in [0.2, 0.25) is 5.91 Å². The number of carbonyl (C=O) groups is 1. The summed E-state index contributed by atoms with van der Waals surface area (Å²) < 4.78 is 42.6. The van der Waals surface area contributed by atoms with Crippen LogP contribution in [0, 0.1) is 18.8 Å². The molecule has 0 radical (unpaired) electrons. The summed E-state index contributed by atoms with van der Waals surface area (Å²) in [5.74, 6) is 0.690. The summed E-state index contributed by atoms with van der Waals surface area (Å²) in [6, 6.07) is 9.66. The maximum atomic E-state index is 13.6. The Balaban J connectivity index is 1.47. The smallest absolute Gasteiger partial charge is 0.285 e. The van der Waals surface area contributed by atoms with Gasteiger partial charge in [-0.05, 0) is 74.3 Å². The maximum absolute atomic E-state index is 13.6. The van der Waals surface area contributed by atoms with Crippen molar-refractivity contribution in [2.75, 3.05) is 4.90 Å². The molecule has 3 aliphatic rings. The summed E-state index contributed by atoms with van der Waals surface area (Å²) in [7, 11) is 0. The molecule has 6 nitrogen and oxygen atoms in total. The molecule has 2 aliphatic carbocycles. The first-order valence-electron chi connectivity index (χ1n) is 11.7. The molecule has 6 rings (SSSR count). The van der Waals surface area contributed by atoms with Crippen LogP contribution in [0.4, 0.5) is 19.0 Å². The van der Waals surface area contributed by atoms with Gasteiger partial charge in [-0.3, -0.25) is 14.3 Å². The monoisotopic (exact) mass is 467 g/mol. The third-order valence-corrected chi connectivity index (χ3v) is 7.36. The molecule has 9 heteroatoms. The molecule has 0 spiro atoms. The Morgan fingerprint density at radius 2 is 1.88 bits per heavy atom. The zero-order chi connectivity index (χ0) is 23.6. The Labute approximate surface area is 194 Å². The number of rotatable bonds is 4. The molecular weight excluding hydrogens is 443 g/mol. The average molecular weight is 467 g/mol. The van der Waals surface area contributed by atoms with Gasteiger partial charge in [0.05, 0.1) is 5.56 Å². The first kappa shape index (κ1) is 21.3. The number of aryl methyl sites for hydroxylation is 1. The summed E-state index contributed by atoms with van der Waals surface area (Å²) in [4.78, 5) is 19.3. The third-order valence-electron chi connectivity index (χ3n) is 7.36. The average Bonchev–Trinajstić information content (AvgIpc) is 3.23. The van der Waals surface area contributed by atoms with Crippen LogP contribution < -0.4 is 4.90 Å². The summed E-state index contributed by atoms with van der Waals surface area (Å²) >= 11 is 0. The number of halogens is 3. The topological polar surface area (TPSA) is 63.9 Å². The van der Waals surface area contributed by atoms with E-state index in [9.17, 15) is 18.0 Å². The highest BCUT2D eigenvalue weighted by atomic mass is 19.4. The summed E-state index contributed by atoms with van der Waals surface area (Å²) in [6.07, 6.45) is 1.88. The normalized spacial score (nSPS) is 24.6. The van der Waals surface area contributed by atoms with Crippen molar-refractivity contribution in [3.05, 3.63) is 65.4 Å². The van der Waals surface area contributed by atoms with E-state index in [1.165, 1.54) is 30.2 Å². The van der Waals surface area contributed by atoms with E-state index in [1.807, 2.05) is 16.7 Å². The molecule has 1 saturated heterocycles. The summed E-state index contributed by atoms with van der Waals surface area (Å²) in [5, 5.41) is 8.55. The van der Waals surface area contributed by atoms with Crippen molar-refractivity contribution in [2.24, 2.45) is 11.8 Å². The van der Waals surface area contributed by atoms with Crippen LogP contribution in [0.5, 0.6) is 0 Å². The number of amides is 1. The number of carbonyl (C=O) groups excluding carboxylic acids is 1. The zero-order valence-electron chi connectivity index (χ0n) is 18.7. The van der Waals surface area contributed by atoms with Crippen molar-refractivity contribution < 1.29 is 18.0 Å². The molecule has 1 amide bonds. The fraction of sp³-hybridized carbons (Fsp3) is 0.440. The molecule has 0 N–H and O–H groups in total. The molecule has 3 fully saturated rings. The Bertz CT molecular complexity index is 1270. The lowest BCUT2D eigenvalue weighted by atomic mass is 9.93. The Morgan fingerprint density at radius 1 is 1.06 bits per heavy atom. The molecule has 3 aromatic rings. The van der Waals surface area contributed by atoms with Crippen LogP contribution in [0.1, 0.15) is 66.7 Å². The van der Waals surface area contributed by atoms with E-state index >= 15 is 0 Å². The van der Waals surface area contributed by atoms with Crippen molar-refractivity contribution in [1.29, 1.82) is 0 Å².